The molecule has 2 atom stereocenters. The lowest BCUT2D eigenvalue weighted by molar-refractivity contribution is -0.147. The van der Waals surface area contributed by atoms with Gasteiger partial charge in [0.1, 0.15) is 23.8 Å². The van der Waals surface area contributed by atoms with E-state index < -0.39 is 29.1 Å². The number of methoxy groups -OCH3 is 1. The molecule has 0 aromatic heterocycles. The molecule has 6 nitrogen and oxygen atoms in total. The normalized spacial score (nSPS) is 17.2. The fourth-order valence-corrected chi connectivity index (χ4v) is 5.30. The van der Waals surface area contributed by atoms with Gasteiger partial charge in [0.25, 0.3) is 5.91 Å². The third-order valence-corrected chi connectivity index (χ3v) is 6.90. The van der Waals surface area contributed by atoms with Gasteiger partial charge in [0.2, 0.25) is 0 Å². The Bertz CT molecular complexity index is 1190. The Kier molecular flexibility index (Phi) is 7.92. The van der Waals surface area contributed by atoms with Gasteiger partial charge < -0.3 is 19.1 Å². The van der Waals surface area contributed by atoms with E-state index in [4.69, 9.17) is 14.2 Å². The number of thioether (sulfide) groups is 1. The van der Waals surface area contributed by atoms with E-state index in [0.717, 1.165) is 11.1 Å². The molecule has 0 N–H and O–H groups in total. The minimum Gasteiger partial charge on any atom is -0.493 e. The van der Waals surface area contributed by atoms with Gasteiger partial charge in [-0.3, -0.25) is 4.79 Å². The van der Waals surface area contributed by atoms with Crippen molar-refractivity contribution in [2.24, 2.45) is 0 Å². The van der Waals surface area contributed by atoms with Crippen LogP contribution in [0.4, 0.5) is 4.39 Å². The molecular formula is C27H26FNO5S. The number of amides is 1. The summed E-state index contributed by atoms with van der Waals surface area (Å²) in [7, 11) is 1.56. The molecule has 8 heteroatoms. The van der Waals surface area contributed by atoms with Crippen LogP contribution in [0.25, 0.3) is 0 Å². The van der Waals surface area contributed by atoms with Crippen molar-refractivity contribution in [3.05, 3.63) is 95.3 Å². The highest BCUT2D eigenvalue weighted by molar-refractivity contribution is 7.99. The molecule has 1 saturated heterocycles. The van der Waals surface area contributed by atoms with E-state index in [0.29, 0.717) is 23.9 Å². The zero-order chi connectivity index (χ0) is 24.8. The highest BCUT2D eigenvalue weighted by Crippen LogP contribution is 2.44. The average Bonchev–Trinajstić information content (AvgIpc) is 3.33. The summed E-state index contributed by atoms with van der Waals surface area (Å²) in [6, 6.07) is 19.8. The summed E-state index contributed by atoms with van der Waals surface area (Å²) in [5, 5.41) is -0.495. The second kappa shape index (κ2) is 11.3. The smallest absolute Gasteiger partial charge is 0.329 e. The van der Waals surface area contributed by atoms with Crippen molar-refractivity contribution in [3.63, 3.8) is 0 Å². The molecule has 1 heterocycles. The molecule has 1 amide bonds. The number of carbonyl (C=O) groups excluding carboxylic acids is 2. The maximum Gasteiger partial charge on any atom is 0.329 e. The SMILES string of the molecule is CCOC(=O)C1CSC(c2ccc(OC)c(OCc3ccccc3)c2)N1C(=O)c1cccc(F)c1. The first-order valence-electron chi connectivity index (χ1n) is 11.2. The van der Waals surface area contributed by atoms with Gasteiger partial charge in [-0.2, -0.15) is 0 Å². The molecular weight excluding hydrogens is 469 g/mol. The number of hydrogen-bond acceptors (Lipinski definition) is 6. The van der Waals surface area contributed by atoms with Crippen molar-refractivity contribution in [2.75, 3.05) is 19.5 Å². The molecule has 0 saturated carbocycles. The Morgan fingerprint density at radius 2 is 1.83 bits per heavy atom. The molecule has 2 unspecified atom stereocenters. The van der Waals surface area contributed by atoms with Crippen LogP contribution in [0.2, 0.25) is 0 Å². The summed E-state index contributed by atoms with van der Waals surface area (Å²) in [6.07, 6.45) is 0. The van der Waals surface area contributed by atoms with Crippen molar-refractivity contribution in [2.45, 2.75) is 24.9 Å². The predicted octanol–water partition coefficient (Wildman–Crippen LogP) is 5.23. The number of nitrogens with zero attached hydrogens (tertiary/aromatic N) is 1. The van der Waals surface area contributed by atoms with Gasteiger partial charge in [-0.05, 0) is 48.4 Å². The summed E-state index contributed by atoms with van der Waals surface area (Å²) in [6.45, 7) is 2.26. The quantitative estimate of drug-likeness (QED) is 0.399. The van der Waals surface area contributed by atoms with Gasteiger partial charge in [0.15, 0.2) is 11.5 Å². The molecule has 3 aromatic rings. The van der Waals surface area contributed by atoms with Crippen molar-refractivity contribution < 1.29 is 28.2 Å². The highest BCUT2D eigenvalue weighted by Gasteiger charge is 2.43. The van der Waals surface area contributed by atoms with E-state index in [1.54, 1.807) is 20.1 Å². The lowest BCUT2D eigenvalue weighted by Crippen LogP contribution is -2.43. The fraction of sp³-hybridized carbons (Fsp3) is 0.259. The summed E-state index contributed by atoms with van der Waals surface area (Å²) in [5.74, 6) is -0.0178. The lowest BCUT2D eigenvalue weighted by Gasteiger charge is -2.29. The second-order valence-electron chi connectivity index (χ2n) is 7.86. The maximum atomic E-state index is 13.9. The molecule has 182 valence electrons. The molecule has 0 bridgehead atoms. The van der Waals surface area contributed by atoms with Crippen LogP contribution in [0.15, 0.2) is 72.8 Å². The van der Waals surface area contributed by atoms with Crippen molar-refractivity contribution in [1.82, 2.24) is 4.90 Å². The van der Waals surface area contributed by atoms with Crippen LogP contribution in [0.5, 0.6) is 11.5 Å². The molecule has 0 spiro atoms. The summed E-state index contributed by atoms with van der Waals surface area (Å²) < 4.78 is 30.6. The summed E-state index contributed by atoms with van der Waals surface area (Å²) in [5.41, 5.74) is 1.93. The zero-order valence-corrected chi connectivity index (χ0v) is 20.3. The van der Waals surface area contributed by atoms with Crippen molar-refractivity contribution >= 4 is 23.6 Å². The first-order valence-corrected chi connectivity index (χ1v) is 12.3. The number of carbonyl (C=O) groups is 2. The molecule has 0 aliphatic carbocycles. The Morgan fingerprint density at radius 1 is 1.03 bits per heavy atom. The molecule has 4 rings (SSSR count). The monoisotopic (exact) mass is 495 g/mol. The van der Waals surface area contributed by atoms with Gasteiger partial charge >= 0.3 is 5.97 Å². The topological polar surface area (TPSA) is 65.1 Å². The molecule has 0 radical (unpaired) electrons. The summed E-state index contributed by atoms with van der Waals surface area (Å²) in [4.78, 5) is 27.7. The van der Waals surface area contributed by atoms with Gasteiger partial charge in [0.05, 0.1) is 13.7 Å². The first kappa shape index (κ1) is 24.6. The molecule has 1 aliphatic heterocycles. The third-order valence-electron chi connectivity index (χ3n) is 5.58. The Labute approximate surface area is 208 Å². The second-order valence-corrected chi connectivity index (χ2v) is 8.97. The van der Waals surface area contributed by atoms with E-state index in [1.807, 2.05) is 42.5 Å². The minimum atomic E-state index is -0.795. The van der Waals surface area contributed by atoms with Crippen molar-refractivity contribution in [1.29, 1.82) is 0 Å². The summed E-state index contributed by atoms with van der Waals surface area (Å²) >= 11 is 1.44. The number of rotatable bonds is 8. The van der Waals surface area contributed by atoms with Crippen LogP contribution in [0.3, 0.4) is 0 Å². The molecule has 1 fully saturated rings. The molecule has 1 aliphatic rings. The number of halogens is 1. The van der Waals surface area contributed by atoms with Gasteiger partial charge in [-0.15, -0.1) is 11.8 Å². The third kappa shape index (κ3) is 5.59. The van der Waals surface area contributed by atoms with Crippen molar-refractivity contribution in [3.8, 4) is 11.5 Å². The van der Waals surface area contributed by atoms with Gasteiger partial charge in [-0.25, -0.2) is 9.18 Å². The van der Waals surface area contributed by atoms with E-state index >= 15 is 0 Å². The highest BCUT2D eigenvalue weighted by atomic mass is 32.2. The van der Waals surface area contributed by atoms with Crippen LogP contribution >= 0.6 is 11.8 Å². The molecule has 3 aromatic carbocycles. The number of esters is 1. The van der Waals surface area contributed by atoms with Gasteiger partial charge in [0, 0.05) is 11.3 Å². The first-order chi connectivity index (χ1) is 17.0. The van der Waals surface area contributed by atoms with Crippen LogP contribution < -0.4 is 9.47 Å². The predicted molar refractivity (Wildman–Crippen MR) is 132 cm³/mol. The van der Waals surface area contributed by atoms with E-state index in [-0.39, 0.29) is 12.2 Å². The zero-order valence-electron chi connectivity index (χ0n) is 19.5. The van der Waals surface area contributed by atoms with E-state index in [2.05, 4.69) is 0 Å². The Balaban J connectivity index is 1.66. The van der Waals surface area contributed by atoms with Crippen LogP contribution in [-0.2, 0) is 16.1 Å². The number of hydrogen-bond donors (Lipinski definition) is 0. The fourth-order valence-electron chi connectivity index (χ4n) is 3.90. The van der Waals surface area contributed by atoms with Gasteiger partial charge in [-0.1, -0.05) is 42.5 Å². The number of benzene rings is 3. The Hall–Kier alpha value is -3.52. The number of ether oxygens (including phenoxy) is 3. The van der Waals surface area contributed by atoms with Crippen LogP contribution in [0.1, 0.15) is 33.8 Å². The Morgan fingerprint density at radius 3 is 2.54 bits per heavy atom. The van der Waals surface area contributed by atoms with Crippen LogP contribution in [0, 0.1) is 5.82 Å². The minimum absolute atomic E-state index is 0.167. The standard InChI is InChI=1S/C27H26FNO5S/c1-3-33-27(31)22-17-35-26(29(22)25(30)19-10-7-11-21(28)14-19)20-12-13-23(32-2)24(15-20)34-16-18-8-5-4-6-9-18/h4-15,22,26H,3,16-17H2,1-2H3. The maximum absolute atomic E-state index is 13.9. The van der Waals surface area contributed by atoms with Crippen LogP contribution in [-0.4, -0.2) is 42.3 Å². The van der Waals surface area contributed by atoms with E-state index in [1.165, 1.54) is 40.9 Å². The van der Waals surface area contributed by atoms with E-state index in [9.17, 15) is 14.0 Å². The average molecular weight is 496 g/mol. The largest absolute Gasteiger partial charge is 0.493 e. The molecule has 35 heavy (non-hydrogen) atoms. The lowest BCUT2D eigenvalue weighted by atomic mass is 10.1.